The third kappa shape index (κ3) is 3.13. The molecule has 0 aliphatic rings. The van der Waals surface area contributed by atoms with Crippen LogP contribution in [0.4, 0.5) is 0 Å². The summed E-state index contributed by atoms with van der Waals surface area (Å²) in [5.74, 6) is 0.0428. The molecule has 0 aliphatic heterocycles. The summed E-state index contributed by atoms with van der Waals surface area (Å²) >= 11 is 0. The van der Waals surface area contributed by atoms with Crippen LogP contribution in [0.1, 0.15) is 5.56 Å². The topological polar surface area (TPSA) is 32.3 Å². The van der Waals surface area contributed by atoms with E-state index in [2.05, 4.69) is 14.6 Å². The average molecular weight is 196 g/mol. The quantitative estimate of drug-likeness (QED) is 0.577. The molecule has 1 aromatic carbocycles. The first-order valence-corrected chi connectivity index (χ1v) is 4.58. The lowest BCUT2D eigenvalue weighted by Crippen LogP contribution is -2.34. The number of hydrogen-bond donors (Lipinski definition) is 1. The van der Waals surface area contributed by atoms with Gasteiger partial charge in [0, 0.05) is 7.05 Å². The van der Waals surface area contributed by atoms with Crippen molar-refractivity contribution in [3.05, 3.63) is 35.9 Å². The lowest BCUT2D eigenvalue weighted by molar-refractivity contribution is -0.130. The molecule has 0 saturated carbocycles. The maximum absolute atomic E-state index is 11.4. The van der Waals surface area contributed by atoms with Gasteiger partial charge >= 0.3 is 0 Å². The molecule has 0 radical (unpaired) electrons. The number of benzene rings is 1. The van der Waals surface area contributed by atoms with Crippen LogP contribution in [0.25, 0.3) is 0 Å². The number of nitrogens with one attached hydrogen (secondary N) is 1. The summed E-state index contributed by atoms with van der Waals surface area (Å²) < 4.78 is 0. The van der Waals surface area contributed by atoms with Crippen LogP contribution in [-0.4, -0.2) is 18.0 Å². The molecule has 0 saturated heterocycles. The number of rotatable bonds is 3. The zero-order valence-electron chi connectivity index (χ0n) is 7.53. The molecule has 1 amide bonds. The number of hydrogen-bond acceptors (Lipinski definition) is 2. The molecule has 0 aliphatic carbocycles. The van der Waals surface area contributed by atoms with E-state index < -0.39 is 0 Å². The lowest BCUT2D eigenvalue weighted by atomic mass is 10.1. The van der Waals surface area contributed by atoms with Crippen molar-refractivity contribution in [2.45, 2.75) is 6.42 Å². The molecular formula is C9H13N2OP. The highest BCUT2D eigenvalue weighted by atomic mass is 31.0. The highest BCUT2D eigenvalue weighted by Gasteiger charge is 2.06. The predicted octanol–water partition coefficient (Wildman–Crippen LogP) is 0.982. The summed E-state index contributed by atoms with van der Waals surface area (Å²) in [5.41, 5.74) is 1.03. The number of carbonyl (C=O) groups excluding carboxylic acids is 1. The van der Waals surface area contributed by atoms with Gasteiger partial charge in [-0.1, -0.05) is 30.3 Å². The highest BCUT2D eigenvalue weighted by Crippen LogP contribution is 2.01. The zero-order valence-corrected chi connectivity index (χ0v) is 8.68. The summed E-state index contributed by atoms with van der Waals surface area (Å²) in [7, 11) is 3.98. The van der Waals surface area contributed by atoms with Gasteiger partial charge in [0.05, 0.1) is 6.42 Å². The van der Waals surface area contributed by atoms with E-state index in [1.165, 1.54) is 5.01 Å². The minimum absolute atomic E-state index is 0.0428. The second-order valence-electron chi connectivity index (χ2n) is 2.74. The first-order chi connectivity index (χ1) is 6.24. The van der Waals surface area contributed by atoms with Crippen LogP contribution < -0.4 is 5.20 Å². The van der Waals surface area contributed by atoms with E-state index in [0.29, 0.717) is 6.42 Å². The van der Waals surface area contributed by atoms with Gasteiger partial charge in [0.1, 0.15) is 0 Å². The molecule has 4 heteroatoms. The number of amides is 1. The van der Waals surface area contributed by atoms with Crippen LogP contribution in [-0.2, 0) is 11.2 Å². The Hall–Kier alpha value is -0.920. The Morgan fingerprint density at radius 2 is 2.08 bits per heavy atom. The maximum Gasteiger partial charge on any atom is 0.241 e. The van der Waals surface area contributed by atoms with Crippen LogP contribution >= 0.6 is 9.39 Å². The second-order valence-corrected chi connectivity index (χ2v) is 3.00. The summed E-state index contributed by atoms with van der Waals surface area (Å²) in [6.45, 7) is 0. The predicted molar refractivity (Wildman–Crippen MR) is 55.8 cm³/mol. The molecule has 1 N–H and O–H groups in total. The van der Waals surface area contributed by atoms with Crippen molar-refractivity contribution in [2.24, 2.45) is 0 Å². The Morgan fingerprint density at radius 3 is 2.62 bits per heavy atom. The SMILES string of the molecule is CN(NP)C(=O)Cc1ccccc1. The fourth-order valence-corrected chi connectivity index (χ4v) is 1.11. The maximum atomic E-state index is 11.4. The van der Waals surface area contributed by atoms with Gasteiger partial charge in [0.2, 0.25) is 5.91 Å². The molecule has 0 bridgehead atoms. The van der Waals surface area contributed by atoms with Crippen LogP contribution in [0.3, 0.4) is 0 Å². The minimum atomic E-state index is 0.0428. The molecule has 70 valence electrons. The Balaban J connectivity index is 2.55. The molecule has 0 spiro atoms. The first-order valence-electron chi connectivity index (χ1n) is 4.01. The Labute approximate surface area is 80.4 Å². The van der Waals surface area contributed by atoms with Crippen LogP contribution in [0.5, 0.6) is 0 Å². The summed E-state index contributed by atoms with van der Waals surface area (Å²) in [5, 5.41) is 4.13. The second kappa shape index (κ2) is 4.95. The smallest absolute Gasteiger partial charge is 0.241 e. The minimum Gasteiger partial charge on any atom is -0.278 e. The van der Waals surface area contributed by atoms with Crippen molar-refractivity contribution in [3.63, 3.8) is 0 Å². The molecular weight excluding hydrogens is 183 g/mol. The largest absolute Gasteiger partial charge is 0.278 e. The molecule has 1 rings (SSSR count). The normalized spacial score (nSPS) is 9.69. The number of nitrogens with zero attached hydrogens (tertiary/aromatic N) is 1. The van der Waals surface area contributed by atoms with Crippen molar-refractivity contribution in [3.8, 4) is 0 Å². The van der Waals surface area contributed by atoms with Gasteiger partial charge in [-0.2, -0.15) is 0 Å². The lowest BCUT2D eigenvalue weighted by Gasteiger charge is -2.14. The molecule has 1 aromatic rings. The van der Waals surface area contributed by atoms with Crippen LogP contribution in [0.2, 0.25) is 0 Å². The monoisotopic (exact) mass is 196 g/mol. The van der Waals surface area contributed by atoms with E-state index in [0.717, 1.165) is 5.56 Å². The fraction of sp³-hybridized carbons (Fsp3) is 0.222. The van der Waals surface area contributed by atoms with Crippen molar-refractivity contribution < 1.29 is 4.79 Å². The first kappa shape index (κ1) is 10.2. The number of carbonyl (C=O) groups is 1. The van der Waals surface area contributed by atoms with Gasteiger partial charge in [0.25, 0.3) is 0 Å². The molecule has 1 unspecified atom stereocenters. The average Bonchev–Trinajstić information content (AvgIpc) is 2.18. The third-order valence-electron chi connectivity index (χ3n) is 1.77. The van der Waals surface area contributed by atoms with Gasteiger partial charge in [0.15, 0.2) is 0 Å². The molecule has 0 aromatic heterocycles. The Kier molecular flexibility index (Phi) is 3.87. The summed E-state index contributed by atoms with van der Waals surface area (Å²) in [6, 6.07) is 9.67. The van der Waals surface area contributed by atoms with Gasteiger partial charge in [-0.3, -0.25) is 9.80 Å². The molecule has 0 fully saturated rings. The number of hydrazine groups is 1. The van der Waals surface area contributed by atoms with Gasteiger partial charge in [-0.25, -0.2) is 5.20 Å². The van der Waals surface area contributed by atoms with E-state index in [1.807, 2.05) is 30.3 Å². The zero-order chi connectivity index (χ0) is 9.68. The van der Waals surface area contributed by atoms with Crippen LogP contribution in [0.15, 0.2) is 30.3 Å². The Bertz CT molecular complexity index is 276. The standard InChI is InChI=1S/C9H13N2OP/c1-11(10-13)9(12)7-8-5-3-2-4-6-8/h2-6,10H,7,13H2,1H3. The summed E-state index contributed by atoms with van der Waals surface area (Å²) in [6.07, 6.45) is 0.429. The van der Waals surface area contributed by atoms with Gasteiger partial charge in [-0.15, -0.1) is 0 Å². The number of likely N-dealkylation sites (N-methyl/N-ethyl adjacent to an activating group) is 1. The highest BCUT2D eigenvalue weighted by molar-refractivity contribution is 7.13. The van der Waals surface area contributed by atoms with Crippen molar-refractivity contribution in [2.75, 3.05) is 7.05 Å². The van der Waals surface area contributed by atoms with E-state index in [-0.39, 0.29) is 5.91 Å². The van der Waals surface area contributed by atoms with Crippen LogP contribution in [0, 0.1) is 0 Å². The molecule has 13 heavy (non-hydrogen) atoms. The fourth-order valence-electron chi connectivity index (χ4n) is 0.961. The third-order valence-corrected chi connectivity index (χ3v) is 2.15. The van der Waals surface area contributed by atoms with Gasteiger partial charge < -0.3 is 0 Å². The van der Waals surface area contributed by atoms with E-state index >= 15 is 0 Å². The molecule has 1 atom stereocenters. The van der Waals surface area contributed by atoms with Crippen molar-refractivity contribution in [1.29, 1.82) is 0 Å². The molecule has 0 heterocycles. The van der Waals surface area contributed by atoms with Crippen molar-refractivity contribution in [1.82, 2.24) is 10.2 Å². The summed E-state index contributed by atoms with van der Waals surface area (Å²) in [4.78, 5) is 11.4. The van der Waals surface area contributed by atoms with E-state index in [9.17, 15) is 4.79 Å². The van der Waals surface area contributed by atoms with E-state index in [1.54, 1.807) is 7.05 Å². The van der Waals surface area contributed by atoms with Crippen molar-refractivity contribution >= 4 is 15.3 Å². The Morgan fingerprint density at radius 1 is 1.46 bits per heavy atom. The van der Waals surface area contributed by atoms with E-state index in [4.69, 9.17) is 0 Å². The molecule has 3 nitrogen and oxygen atoms in total. The van der Waals surface area contributed by atoms with Gasteiger partial charge in [-0.05, 0) is 15.0 Å².